The third-order valence-electron chi connectivity index (χ3n) is 2.68. The Kier molecular flexibility index (Phi) is 2.23. The summed E-state index contributed by atoms with van der Waals surface area (Å²) in [6.45, 7) is 0. The first-order valence-electron chi connectivity index (χ1n) is 4.67. The van der Waals surface area contributed by atoms with Crippen LogP contribution < -0.4 is 0 Å². The molecule has 1 aliphatic carbocycles. The second-order valence-electron chi connectivity index (χ2n) is 3.68. The fraction of sp³-hybridized carbons (Fsp3) is 0.364. The van der Waals surface area contributed by atoms with Gasteiger partial charge in [-0.25, -0.2) is 4.39 Å². The first kappa shape index (κ1) is 9.19. The quantitative estimate of drug-likeness (QED) is 0.745. The lowest BCUT2D eigenvalue weighted by Crippen LogP contribution is -1.95. The monoisotopic (exact) mass is 194 g/mol. The normalized spacial score (nSPS) is 21.5. The van der Waals surface area contributed by atoms with Crippen LogP contribution in [0.3, 0.4) is 0 Å². The molecule has 74 valence electrons. The van der Waals surface area contributed by atoms with Crippen LogP contribution >= 0.6 is 0 Å². The smallest absolute Gasteiger partial charge is 0.133 e. The van der Waals surface area contributed by atoms with Gasteiger partial charge in [-0.3, -0.25) is 4.79 Å². The van der Waals surface area contributed by atoms with Crippen LogP contribution in [0.15, 0.2) is 18.2 Å². The first-order valence-corrected chi connectivity index (χ1v) is 4.67. The Balaban J connectivity index is 2.28. The Morgan fingerprint density at radius 2 is 2.21 bits per heavy atom. The summed E-state index contributed by atoms with van der Waals surface area (Å²) >= 11 is 0. The second-order valence-corrected chi connectivity index (χ2v) is 3.68. The van der Waals surface area contributed by atoms with Crippen LogP contribution in [0.2, 0.25) is 0 Å². The summed E-state index contributed by atoms with van der Waals surface area (Å²) in [6.07, 6.45) is 1.80. The Labute approximate surface area is 81.4 Å². The third kappa shape index (κ3) is 1.62. The molecule has 1 fully saturated rings. The Bertz CT molecular complexity index is 374. The zero-order valence-electron chi connectivity index (χ0n) is 7.66. The van der Waals surface area contributed by atoms with E-state index in [1.165, 1.54) is 6.07 Å². The molecule has 2 nitrogen and oxygen atoms in total. The molecule has 14 heavy (non-hydrogen) atoms. The molecule has 0 radical (unpaired) electrons. The topological polar surface area (TPSA) is 37.3 Å². The average molecular weight is 194 g/mol. The molecule has 0 amide bonds. The van der Waals surface area contributed by atoms with Gasteiger partial charge in [0.25, 0.3) is 0 Å². The average Bonchev–Trinajstić information content (AvgIpc) is 2.51. The van der Waals surface area contributed by atoms with Crippen molar-refractivity contribution in [3.8, 4) is 5.75 Å². The highest BCUT2D eigenvalue weighted by Gasteiger charge is 2.25. The van der Waals surface area contributed by atoms with Gasteiger partial charge in [0.2, 0.25) is 0 Å². The predicted molar refractivity (Wildman–Crippen MR) is 49.7 cm³/mol. The maximum Gasteiger partial charge on any atom is 0.133 e. The minimum absolute atomic E-state index is 0.0373. The van der Waals surface area contributed by atoms with E-state index in [1.807, 2.05) is 0 Å². The summed E-state index contributed by atoms with van der Waals surface area (Å²) in [5.41, 5.74) is 0.692. The fourth-order valence-electron chi connectivity index (χ4n) is 1.94. The molecule has 0 saturated heterocycles. The van der Waals surface area contributed by atoms with Gasteiger partial charge in [-0.05, 0) is 24.0 Å². The molecule has 1 unspecified atom stereocenters. The highest BCUT2D eigenvalue weighted by atomic mass is 19.1. The van der Waals surface area contributed by atoms with E-state index < -0.39 is 5.82 Å². The largest absolute Gasteiger partial charge is 0.508 e. The second kappa shape index (κ2) is 3.40. The molecule has 3 heteroatoms. The van der Waals surface area contributed by atoms with Crippen LogP contribution in [-0.4, -0.2) is 10.9 Å². The molecule has 0 spiro atoms. The number of Topliss-reactive ketones (excluding diaryl/α,β-unsaturated/α-hetero) is 1. The van der Waals surface area contributed by atoms with Gasteiger partial charge in [0.05, 0.1) is 0 Å². The molecule has 1 aliphatic rings. The lowest BCUT2D eigenvalue weighted by molar-refractivity contribution is -0.117. The van der Waals surface area contributed by atoms with Crippen LogP contribution in [0.4, 0.5) is 4.39 Å². The Hall–Kier alpha value is -1.38. The van der Waals surface area contributed by atoms with Gasteiger partial charge in [-0.15, -0.1) is 0 Å². The van der Waals surface area contributed by atoms with Gasteiger partial charge in [-0.1, -0.05) is 6.07 Å². The lowest BCUT2D eigenvalue weighted by Gasteiger charge is -2.10. The molecule has 1 saturated carbocycles. The van der Waals surface area contributed by atoms with E-state index in [4.69, 9.17) is 0 Å². The number of ketones is 1. The number of hydrogen-bond donors (Lipinski definition) is 1. The molecular formula is C11H11FO2. The number of aromatic hydroxyl groups is 1. The lowest BCUT2D eigenvalue weighted by atomic mass is 9.97. The number of carbonyl (C=O) groups is 1. The molecule has 1 N–H and O–H groups in total. The summed E-state index contributed by atoms with van der Waals surface area (Å²) in [5.74, 6) is -0.193. The van der Waals surface area contributed by atoms with Gasteiger partial charge in [0.1, 0.15) is 17.3 Å². The zero-order valence-corrected chi connectivity index (χ0v) is 7.66. The van der Waals surface area contributed by atoms with Crippen LogP contribution in [0.5, 0.6) is 5.75 Å². The van der Waals surface area contributed by atoms with Crippen molar-refractivity contribution in [2.45, 2.75) is 25.2 Å². The van der Waals surface area contributed by atoms with Crippen LogP contribution in [0.1, 0.15) is 30.7 Å². The van der Waals surface area contributed by atoms with Crippen molar-refractivity contribution in [2.75, 3.05) is 0 Å². The summed E-state index contributed by atoms with van der Waals surface area (Å²) in [6, 6.07) is 3.98. The van der Waals surface area contributed by atoms with Gasteiger partial charge in [0, 0.05) is 18.9 Å². The van der Waals surface area contributed by atoms with E-state index in [0.717, 1.165) is 12.5 Å². The molecule has 2 rings (SSSR count). The summed E-state index contributed by atoms with van der Waals surface area (Å²) < 4.78 is 12.7. The Morgan fingerprint density at radius 3 is 2.79 bits per heavy atom. The first-order chi connectivity index (χ1) is 6.66. The highest BCUT2D eigenvalue weighted by molar-refractivity contribution is 5.81. The molecule has 0 heterocycles. The van der Waals surface area contributed by atoms with Crippen molar-refractivity contribution >= 4 is 5.78 Å². The fourth-order valence-corrected chi connectivity index (χ4v) is 1.94. The number of phenolic OH excluding ortho intramolecular Hbond substituents is 1. The van der Waals surface area contributed by atoms with Crippen LogP contribution in [0, 0.1) is 5.82 Å². The molecular weight excluding hydrogens is 183 g/mol. The minimum Gasteiger partial charge on any atom is -0.508 e. The Morgan fingerprint density at radius 1 is 1.43 bits per heavy atom. The number of rotatable bonds is 1. The maximum atomic E-state index is 12.7. The van der Waals surface area contributed by atoms with E-state index in [1.54, 1.807) is 6.07 Å². The standard InChI is InChI=1S/C11H11FO2/c12-8-2-4-10(11(14)6-8)7-1-3-9(13)5-7/h2,4,6-7,14H,1,3,5H2. The van der Waals surface area contributed by atoms with Crippen LogP contribution in [0.25, 0.3) is 0 Å². The molecule has 0 aromatic heterocycles. The zero-order chi connectivity index (χ0) is 10.1. The number of carbonyl (C=O) groups excluding carboxylic acids is 1. The van der Waals surface area contributed by atoms with Gasteiger partial charge in [0.15, 0.2) is 0 Å². The van der Waals surface area contributed by atoms with Crippen molar-refractivity contribution in [3.63, 3.8) is 0 Å². The van der Waals surface area contributed by atoms with Gasteiger partial charge in [-0.2, -0.15) is 0 Å². The van der Waals surface area contributed by atoms with Crippen LogP contribution in [-0.2, 0) is 4.79 Å². The molecule has 1 atom stereocenters. The maximum absolute atomic E-state index is 12.7. The SMILES string of the molecule is O=C1CCC(c2ccc(F)cc2O)C1. The summed E-state index contributed by atoms with van der Waals surface area (Å²) in [7, 11) is 0. The van der Waals surface area contributed by atoms with E-state index in [2.05, 4.69) is 0 Å². The minimum atomic E-state index is -0.449. The summed E-state index contributed by atoms with van der Waals surface area (Å²) in [4.78, 5) is 11.0. The number of phenols is 1. The predicted octanol–water partition coefficient (Wildman–Crippen LogP) is 2.37. The molecule has 0 aliphatic heterocycles. The number of hydrogen-bond acceptors (Lipinski definition) is 2. The van der Waals surface area contributed by atoms with Gasteiger partial charge >= 0.3 is 0 Å². The molecule has 0 bridgehead atoms. The van der Waals surface area contributed by atoms with E-state index >= 15 is 0 Å². The molecule has 1 aromatic carbocycles. The van der Waals surface area contributed by atoms with Crippen molar-refractivity contribution in [1.29, 1.82) is 0 Å². The number of halogens is 1. The third-order valence-corrected chi connectivity index (χ3v) is 2.68. The van der Waals surface area contributed by atoms with Crippen molar-refractivity contribution in [1.82, 2.24) is 0 Å². The van der Waals surface area contributed by atoms with Crippen molar-refractivity contribution in [2.24, 2.45) is 0 Å². The molecule has 1 aromatic rings. The highest BCUT2D eigenvalue weighted by Crippen LogP contribution is 2.36. The summed E-state index contributed by atoms with van der Waals surface area (Å²) in [5, 5.41) is 9.49. The van der Waals surface area contributed by atoms with E-state index in [0.29, 0.717) is 18.4 Å². The van der Waals surface area contributed by atoms with Crippen molar-refractivity contribution < 1.29 is 14.3 Å². The number of benzene rings is 1. The van der Waals surface area contributed by atoms with Gasteiger partial charge < -0.3 is 5.11 Å². The van der Waals surface area contributed by atoms with E-state index in [9.17, 15) is 14.3 Å². The van der Waals surface area contributed by atoms with E-state index in [-0.39, 0.29) is 17.5 Å². The van der Waals surface area contributed by atoms with Crippen molar-refractivity contribution in [3.05, 3.63) is 29.6 Å².